The topological polar surface area (TPSA) is 30.0 Å². The Morgan fingerprint density at radius 1 is 1.07 bits per heavy atom. The van der Waals surface area contributed by atoms with Crippen LogP contribution in [-0.4, -0.2) is 11.3 Å². The van der Waals surface area contributed by atoms with Gasteiger partial charge in [-0.1, -0.05) is 22.0 Å². The van der Waals surface area contributed by atoms with Crippen LogP contribution in [0.2, 0.25) is 0 Å². The summed E-state index contributed by atoms with van der Waals surface area (Å²) < 4.78 is 0.812. The molecule has 0 aliphatic rings. The van der Waals surface area contributed by atoms with Gasteiger partial charge in [0.05, 0.1) is 0 Å². The highest BCUT2D eigenvalue weighted by Gasteiger charge is 2.01. The molecule has 0 atom stereocenters. The van der Waals surface area contributed by atoms with Gasteiger partial charge in [-0.3, -0.25) is 9.78 Å². The minimum atomic E-state index is 0.660. The van der Waals surface area contributed by atoms with Gasteiger partial charge in [0.25, 0.3) is 0 Å². The molecular weight excluding hydrogens is 254 g/mol. The fourth-order valence-corrected chi connectivity index (χ4v) is 1.82. The molecular formula is C12H8BrNO. The van der Waals surface area contributed by atoms with Crippen molar-refractivity contribution in [2.75, 3.05) is 0 Å². The van der Waals surface area contributed by atoms with Crippen molar-refractivity contribution >= 4 is 22.2 Å². The first kappa shape index (κ1) is 10.1. The van der Waals surface area contributed by atoms with E-state index in [0.29, 0.717) is 5.56 Å². The number of pyridine rings is 1. The van der Waals surface area contributed by atoms with E-state index in [0.717, 1.165) is 21.9 Å². The van der Waals surface area contributed by atoms with E-state index in [2.05, 4.69) is 20.9 Å². The highest BCUT2D eigenvalue weighted by Crippen LogP contribution is 2.24. The zero-order valence-electron chi connectivity index (χ0n) is 7.85. The first-order valence-electron chi connectivity index (χ1n) is 4.46. The van der Waals surface area contributed by atoms with Crippen molar-refractivity contribution in [3.05, 3.63) is 52.8 Å². The minimum Gasteiger partial charge on any atom is -0.298 e. The van der Waals surface area contributed by atoms with Gasteiger partial charge in [0.1, 0.15) is 0 Å². The zero-order valence-corrected chi connectivity index (χ0v) is 9.44. The predicted octanol–water partition coefficient (Wildman–Crippen LogP) is 3.32. The lowest BCUT2D eigenvalue weighted by atomic mass is 10.1. The molecule has 2 nitrogen and oxygen atoms in total. The van der Waals surface area contributed by atoms with Gasteiger partial charge in [0, 0.05) is 22.4 Å². The maximum absolute atomic E-state index is 10.6. The Kier molecular flexibility index (Phi) is 2.92. The van der Waals surface area contributed by atoms with Crippen LogP contribution >= 0.6 is 15.9 Å². The summed E-state index contributed by atoms with van der Waals surface area (Å²) in [5.74, 6) is 0. The summed E-state index contributed by atoms with van der Waals surface area (Å²) in [7, 11) is 0. The predicted molar refractivity (Wildman–Crippen MR) is 62.8 cm³/mol. The van der Waals surface area contributed by atoms with Crippen molar-refractivity contribution in [3.8, 4) is 11.1 Å². The molecule has 1 aromatic heterocycles. The maximum atomic E-state index is 10.6. The molecule has 0 amide bonds. The van der Waals surface area contributed by atoms with Gasteiger partial charge in [-0.2, -0.15) is 0 Å². The largest absolute Gasteiger partial charge is 0.298 e. The summed E-state index contributed by atoms with van der Waals surface area (Å²) in [5.41, 5.74) is 2.81. The summed E-state index contributed by atoms with van der Waals surface area (Å²) in [6.45, 7) is 0. The number of aromatic nitrogens is 1. The summed E-state index contributed by atoms with van der Waals surface area (Å²) in [6.07, 6.45) is 4.33. The van der Waals surface area contributed by atoms with E-state index in [-0.39, 0.29) is 0 Å². The number of carbonyl (C=O) groups is 1. The molecule has 0 unspecified atom stereocenters. The number of halogens is 1. The summed E-state index contributed by atoms with van der Waals surface area (Å²) in [6, 6.07) is 9.51. The molecule has 0 spiro atoms. The van der Waals surface area contributed by atoms with Crippen LogP contribution in [0.5, 0.6) is 0 Å². The number of nitrogens with zero attached hydrogens (tertiary/aromatic N) is 1. The van der Waals surface area contributed by atoms with Crippen molar-refractivity contribution in [1.82, 2.24) is 4.98 Å². The lowest BCUT2D eigenvalue weighted by Crippen LogP contribution is -1.84. The molecule has 15 heavy (non-hydrogen) atoms. The molecule has 0 radical (unpaired) electrons. The molecule has 2 rings (SSSR count). The Bertz CT molecular complexity index is 482. The van der Waals surface area contributed by atoms with Crippen molar-refractivity contribution in [3.63, 3.8) is 0 Å². The lowest BCUT2D eigenvalue weighted by molar-refractivity contribution is 0.112. The molecule has 0 bridgehead atoms. The van der Waals surface area contributed by atoms with Gasteiger partial charge in [0.2, 0.25) is 0 Å². The van der Waals surface area contributed by atoms with Crippen molar-refractivity contribution in [2.24, 2.45) is 0 Å². The lowest BCUT2D eigenvalue weighted by Gasteiger charge is -2.03. The van der Waals surface area contributed by atoms with Crippen LogP contribution in [0.15, 0.2) is 47.2 Å². The van der Waals surface area contributed by atoms with Gasteiger partial charge in [-0.15, -0.1) is 0 Å². The Morgan fingerprint density at radius 3 is 2.40 bits per heavy atom. The molecule has 3 heteroatoms. The third-order valence-electron chi connectivity index (χ3n) is 2.14. The second kappa shape index (κ2) is 4.36. The Morgan fingerprint density at radius 2 is 1.80 bits per heavy atom. The standard InChI is InChI=1S/C12H8BrNO/c13-12-7-10(1-2-11(12)8-15)9-3-5-14-6-4-9/h1-8H. The smallest absolute Gasteiger partial charge is 0.151 e. The summed E-state index contributed by atoms with van der Waals surface area (Å²) in [5, 5.41) is 0. The third kappa shape index (κ3) is 2.13. The number of carbonyl (C=O) groups excluding carboxylic acids is 1. The van der Waals surface area contributed by atoms with E-state index < -0.39 is 0 Å². The SMILES string of the molecule is O=Cc1ccc(-c2ccncc2)cc1Br. The minimum absolute atomic E-state index is 0.660. The first-order chi connectivity index (χ1) is 7.31. The molecule has 0 saturated heterocycles. The van der Waals surface area contributed by atoms with E-state index in [1.807, 2.05) is 24.3 Å². The number of benzene rings is 1. The van der Waals surface area contributed by atoms with Crippen LogP contribution in [-0.2, 0) is 0 Å². The molecule has 2 aromatic rings. The van der Waals surface area contributed by atoms with Crippen LogP contribution in [0.25, 0.3) is 11.1 Å². The monoisotopic (exact) mass is 261 g/mol. The van der Waals surface area contributed by atoms with E-state index in [4.69, 9.17) is 0 Å². The van der Waals surface area contributed by atoms with Crippen molar-refractivity contribution in [1.29, 1.82) is 0 Å². The van der Waals surface area contributed by atoms with Crippen LogP contribution in [0.3, 0.4) is 0 Å². The van der Waals surface area contributed by atoms with Gasteiger partial charge in [0.15, 0.2) is 6.29 Å². The Labute approximate surface area is 96.1 Å². The van der Waals surface area contributed by atoms with Gasteiger partial charge < -0.3 is 0 Å². The fraction of sp³-hybridized carbons (Fsp3) is 0. The van der Waals surface area contributed by atoms with Crippen molar-refractivity contribution in [2.45, 2.75) is 0 Å². The zero-order chi connectivity index (χ0) is 10.7. The number of rotatable bonds is 2. The van der Waals surface area contributed by atoms with Crippen LogP contribution in [0.1, 0.15) is 10.4 Å². The van der Waals surface area contributed by atoms with Gasteiger partial charge in [-0.25, -0.2) is 0 Å². The van der Waals surface area contributed by atoms with Crippen LogP contribution in [0.4, 0.5) is 0 Å². The maximum Gasteiger partial charge on any atom is 0.151 e. The van der Waals surface area contributed by atoms with Gasteiger partial charge in [-0.05, 0) is 35.4 Å². The highest BCUT2D eigenvalue weighted by atomic mass is 79.9. The normalized spacial score (nSPS) is 9.93. The van der Waals surface area contributed by atoms with Crippen molar-refractivity contribution < 1.29 is 4.79 Å². The van der Waals surface area contributed by atoms with Crippen LogP contribution in [0, 0.1) is 0 Å². The number of aldehydes is 1. The number of hydrogen-bond donors (Lipinski definition) is 0. The molecule has 0 saturated carbocycles. The quantitative estimate of drug-likeness (QED) is 0.777. The van der Waals surface area contributed by atoms with Gasteiger partial charge >= 0.3 is 0 Å². The van der Waals surface area contributed by atoms with E-state index in [9.17, 15) is 4.79 Å². The Hall–Kier alpha value is -1.48. The van der Waals surface area contributed by atoms with E-state index in [1.165, 1.54) is 0 Å². The van der Waals surface area contributed by atoms with Crippen LogP contribution < -0.4 is 0 Å². The summed E-state index contributed by atoms with van der Waals surface area (Å²) >= 11 is 3.36. The Balaban J connectivity index is 2.47. The second-order valence-corrected chi connectivity index (χ2v) is 3.94. The highest BCUT2D eigenvalue weighted by molar-refractivity contribution is 9.10. The fourth-order valence-electron chi connectivity index (χ4n) is 1.35. The molecule has 0 aliphatic heterocycles. The molecule has 0 N–H and O–H groups in total. The number of hydrogen-bond acceptors (Lipinski definition) is 2. The molecule has 0 aliphatic carbocycles. The summed E-state index contributed by atoms with van der Waals surface area (Å²) in [4.78, 5) is 14.6. The molecule has 74 valence electrons. The second-order valence-electron chi connectivity index (χ2n) is 3.09. The first-order valence-corrected chi connectivity index (χ1v) is 5.25. The molecule has 1 heterocycles. The average Bonchev–Trinajstić information content (AvgIpc) is 2.30. The molecule has 1 aromatic carbocycles. The molecule has 0 fully saturated rings. The van der Waals surface area contributed by atoms with E-state index in [1.54, 1.807) is 18.5 Å². The van der Waals surface area contributed by atoms with E-state index >= 15 is 0 Å². The third-order valence-corrected chi connectivity index (χ3v) is 2.83. The average molecular weight is 262 g/mol.